The van der Waals surface area contributed by atoms with E-state index in [1.807, 2.05) is 6.92 Å². The third-order valence-electron chi connectivity index (χ3n) is 3.92. The Bertz CT molecular complexity index is 532. The highest BCUT2D eigenvalue weighted by atomic mass is 32.2. The number of carbonyl (C=O) groups is 1. The maximum atomic E-state index is 14.3. The summed E-state index contributed by atoms with van der Waals surface area (Å²) in [5.41, 5.74) is -0.484. The summed E-state index contributed by atoms with van der Waals surface area (Å²) in [6.45, 7) is 3.70. The van der Waals surface area contributed by atoms with Gasteiger partial charge in [-0.2, -0.15) is 11.8 Å². The lowest BCUT2D eigenvalue weighted by molar-refractivity contribution is 0.0246. The van der Waals surface area contributed by atoms with Crippen LogP contribution in [0.1, 0.15) is 38.7 Å². The van der Waals surface area contributed by atoms with Gasteiger partial charge in [0.1, 0.15) is 11.9 Å². The zero-order chi connectivity index (χ0) is 16.2. The van der Waals surface area contributed by atoms with Gasteiger partial charge in [0.25, 0.3) is 0 Å². The SMILES string of the molecule is CCC(C)OC(=O)Nc1ccc(C2(O)CCSCC2)c(F)c1. The maximum absolute atomic E-state index is 14.3. The lowest BCUT2D eigenvalue weighted by atomic mass is 9.87. The summed E-state index contributed by atoms with van der Waals surface area (Å²) >= 11 is 1.76. The number of rotatable bonds is 4. The second-order valence-corrected chi connectivity index (χ2v) is 6.81. The Morgan fingerprint density at radius 1 is 1.50 bits per heavy atom. The average molecular weight is 327 g/mol. The van der Waals surface area contributed by atoms with E-state index in [-0.39, 0.29) is 6.10 Å². The molecule has 1 aliphatic heterocycles. The van der Waals surface area contributed by atoms with Gasteiger partial charge in [-0.1, -0.05) is 13.0 Å². The molecular formula is C16H22FNO3S. The summed E-state index contributed by atoms with van der Waals surface area (Å²) < 4.78 is 19.4. The van der Waals surface area contributed by atoms with Gasteiger partial charge in [-0.05, 0) is 49.8 Å². The zero-order valence-electron chi connectivity index (χ0n) is 12.9. The summed E-state index contributed by atoms with van der Waals surface area (Å²) in [4.78, 5) is 11.6. The minimum Gasteiger partial charge on any atom is -0.446 e. The van der Waals surface area contributed by atoms with Crippen LogP contribution >= 0.6 is 11.8 Å². The number of anilines is 1. The minimum absolute atomic E-state index is 0.190. The monoisotopic (exact) mass is 327 g/mol. The Morgan fingerprint density at radius 2 is 2.18 bits per heavy atom. The van der Waals surface area contributed by atoms with Crippen LogP contribution in [0.5, 0.6) is 0 Å². The maximum Gasteiger partial charge on any atom is 0.411 e. The third-order valence-corrected chi connectivity index (χ3v) is 4.91. The van der Waals surface area contributed by atoms with Crippen LogP contribution in [0.15, 0.2) is 18.2 Å². The largest absolute Gasteiger partial charge is 0.446 e. The summed E-state index contributed by atoms with van der Waals surface area (Å²) in [6.07, 6.45) is 1.000. The van der Waals surface area contributed by atoms with Gasteiger partial charge >= 0.3 is 6.09 Å². The molecule has 2 N–H and O–H groups in total. The van der Waals surface area contributed by atoms with Crippen molar-refractivity contribution in [3.8, 4) is 0 Å². The molecule has 1 fully saturated rings. The Hall–Kier alpha value is -1.27. The number of thioether (sulfide) groups is 1. The molecule has 1 unspecified atom stereocenters. The van der Waals surface area contributed by atoms with Crippen molar-refractivity contribution in [1.29, 1.82) is 0 Å². The van der Waals surface area contributed by atoms with Gasteiger partial charge in [-0.25, -0.2) is 9.18 Å². The van der Waals surface area contributed by atoms with Crippen LogP contribution in [0.25, 0.3) is 0 Å². The molecule has 2 rings (SSSR count). The lowest BCUT2D eigenvalue weighted by Gasteiger charge is -2.32. The Balaban J connectivity index is 2.08. The van der Waals surface area contributed by atoms with E-state index in [0.29, 0.717) is 30.5 Å². The van der Waals surface area contributed by atoms with E-state index in [1.165, 1.54) is 6.07 Å². The number of aliphatic hydroxyl groups is 1. The Kier molecular flexibility index (Phi) is 5.69. The first kappa shape index (κ1) is 17.1. The molecule has 22 heavy (non-hydrogen) atoms. The zero-order valence-corrected chi connectivity index (χ0v) is 13.7. The second-order valence-electron chi connectivity index (χ2n) is 5.59. The number of benzene rings is 1. The lowest BCUT2D eigenvalue weighted by Crippen LogP contribution is -2.31. The average Bonchev–Trinajstić information content (AvgIpc) is 2.47. The first-order valence-electron chi connectivity index (χ1n) is 7.52. The van der Waals surface area contributed by atoms with Crippen LogP contribution in [0.3, 0.4) is 0 Å². The molecule has 0 saturated carbocycles. The van der Waals surface area contributed by atoms with Gasteiger partial charge in [-0.15, -0.1) is 0 Å². The van der Waals surface area contributed by atoms with E-state index < -0.39 is 17.5 Å². The highest BCUT2D eigenvalue weighted by Crippen LogP contribution is 2.37. The van der Waals surface area contributed by atoms with Crippen molar-refractivity contribution in [3.05, 3.63) is 29.6 Å². The molecule has 0 aromatic heterocycles. The number of halogens is 1. The molecule has 1 amide bonds. The Labute approximate surface area is 134 Å². The number of hydrogen-bond acceptors (Lipinski definition) is 4. The number of nitrogens with one attached hydrogen (secondary N) is 1. The molecule has 1 aliphatic rings. The second kappa shape index (κ2) is 7.33. The molecule has 6 heteroatoms. The number of hydrogen-bond donors (Lipinski definition) is 2. The first-order valence-corrected chi connectivity index (χ1v) is 8.68. The first-order chi connectivity index (χ1) is 10.4. The fourth-order valence-electron chi connectivity index (χ4n) is 2.36. The van der Waals surface area contributed by atoms with Crippen LogP contribution in [-0.4, -0.2) is 28.8 Å². The van der Waals surface area contributed by atoms with Crippen molar-refractivity contribution < 1.29 is 19.0 Å². The summed E-state index contributed by atoms with van der Waals surface area (Å²) in [5, 5.41) is 13.1. The van der Waals surface area contributed by atoms with Crippen LogP contribution < -0.4 is 5.32 Å². The van der Waals surface area contributed by atoms with Crippen molar-refractivity contribution >= 4 is 23.5 Å². The van der Waals surface area contributed by atoms with Gasteiger partial charge in [0.05, 0.1) is 5.60 Å². The summed E-state index contributed by atoms with van der Waals surface area (Å²) in [6, 6.07) is 4.37. The normalized spacial score (nSPS) is 18.5. The molecule has 1 saturated heterocycles. The van der Waals surface area contributed by atoms with Gasteiger partial charge in [0, 0.05) is 11.3 Å². The number of amides is 1. The molecule has 4 nitrogen and oxygen atoms in total. The minimum atomic E-state index is -1.11. The van der Waals surface area contributed by atoms with Crippen LogP contribution in [0.4, 0.5) is 14.9 Å². The van der Waals surface area contributed by atoms with Crippen molar-refractivity contribution in [2.45, 2.75) is 44.8 Å². The van der Waals surface area contributed by atoms with Crippen molar-refractivity contribution in [3.63, 3.8) is 0 Å². The predicted molar refractivity (Wildman–Crippen MR) is 86.7 cm³/mol. The van der Waals surface area contributed by atoms with E-state index in [1.54, 1.807) is 30.8 Å². The molecule has 1 atom stereocenters. The van der Waals surface area contributed by atoms with Crippen molar-refractivity contribution in [1.82, 2.24) is 0 Å². The van der Waals surface area contributed by atoms with E-state index in [9.17, 15) is 14.3 Å². The molecule has 1 heterocycles. The molecule has 122 valence electrons. The van der Waals surface area contributed by atoms with Gasteiger partial charge in [-0.3, -0.25) is 5.32 Å². The van der Waals surface area contributed by atoms with Crippen LogP contribution in [0, 0.1) is 5.82 Å². The van der Waals surface area contributed by atoms with E-state index in [0.717, 1.165) is 11.5 Å². The highest BCUT2D eigenvalue weighted by molar-refractivity contribution is 7.99. The van der Waals surface area contributed by atoms with E-state index in [4.69, 9.17) is 4.74 Å². The number of ether oxygens (including phenoxy) is 1. The quantitative estimate of drug-likeness (QED) is 0.881. The molecule has 0 spiro atoms. The van der Waals surface area contributed by atoms with Gasteiger partial charge < -0.3 is 9.84 Å². The summed E-state index contributed by atoms with van der Waals surface area (Å²) in [7, 11) is 0. The van der Waals surface area contributed by atoms with Crippen LogP contribution in [0.2, 0.25) is 0 Å². The van der Waals surface area contributed by atoms with Crippen LogP contribution in [-0.2, 0) is 10.3 Å². The third kappa shape index (κ3) is 4.14. The Morgan fingerprint density at radius 3 is 2.77 bits per heavy atom. The van der Waals surface area contributed by atoms with E-state index in [2.05, 4.69) is 5.32 Å². The summed E-state index contributed by atoms with van der Waals surface area (Å²) in [5.74, 6) is 1.13. The van der Waals surface area contributed by atoms with Gasteiger partial charge in [0.15, 0.2) is 0 Å². The van der Waals surface area contributed by atoms with E-state index >= 15 is 0 Å². The van der Waals surface area contributed by atoms with Crippen molar-refractivity contribution in [2.24, 2.45) is 0 Å². The van der Waals surface area contributed by atoms with Gasteiger partial charge in [0.2, 0.25) is 0 Å². The molecule has 1 aromatic carbocycles. The fraction of sp³-hybridized carbons (Fsp3) is 0.562. The molecule has 0 radical (unpaired) electrons. The molecule has 0 bridgehead atoms. The highest BCUT2D eigenvalue weighted by Gasteiger charge is 2.33. The predicted octanol–water partition coefficient (Wildman–Crippen LogP) is 3.89. The molecule has 0 aliphatic carbocycles. The standard InChI is InChI=1S/C16H22FNO3S/c1-3-11(2)21-15(19)18-12-4-5-13(14(17)10-12)16(20)6-8-22-9-7-16/h4-5,10-11,20H,3,6-9H2,1-2H3,(H,18,19). The molecule has 1 aromatic rings. The number of carbonyl (C=O) groups excluding carboxylic acids is 1. The smallest absolute Gasteiger partial charge is 0.411 e. The topological polar surface area (TPSA) is 58.6 Å². The molecular weight excluding hydrogens is 305 g/mol. The van der Waals surface area contributed by atoms with Crippen molar-refractivity contribution in [2.75, 3.05) is 16.8 Å². The fourth-order valence-corrected chi connectivity index (χ4v) is 3.53.